The van der Waals surface area contributed by atoms with Crippen molar-refractivity contribution < 1.29 is 29.9 Å². The lowest BCUT2D eigenvalue weighted by molar-refractivity contribution is -0.232. The molecule has 1 unspecified atom stereocenters. The Morgan fingerprint density at radius 2 is 1.40 bits per heavy atom. The van der Waals surface area contributed by atoms with Gasteiger partial charge >= 0.3 is 0 Å². The summed E-state index contributed by atoms with van der Waals surface area (Å²) >= 11 is 0. The van der Waals surface area contributed by atoms with Crippen molar-refractivity contribution in [2.75, 3.05) is 13.2 Å². The molecular weight excluding hydrogens is 384 g/mol. The number of para-hydroxylation sites is 1. The second kappa shape index (κ2) is 14.0. The van der Waals surface area contributed by atoms with Gasteiger partial charge in [0.05, 0.1) is 13.2 Å². The zero-order chi connectivity index (χ0) is 21.8. The SMILES string of the molecule is CCCCCCCCCCCCOc1ccccc1C1O[C@H](CO)[C@@H](O)[C@H](O)[C@@H]1O. The molecule has 1 aromatic carbocycles. The largest absolute Gasteiger partial charge is 0.493 e. The van der Waals surface area contributed by atoms with Crippen LogP contribution in [0.2, 0.25) is 0 Å². The zero-order valence-electron chi connectivity index (χ0n) is 18.3. The van der Waals surface area contributed by atoms with Crippen molar-refractivity contribution in [3.8, 4) is 5.75 Å². The first-order valence-corrected chi connectivity index (χ1v) is 11.6. The predicted octanol–water partition coefficient (Wildman–Crippen LogP) is 3.50. The first-order valence-electron chi connectivity index (χ1n) is 11.6. The first-order chi connectivity index (χ1) is 14.6. The monoisotopic (exact) mass is 424 g/mol. The maximum atomic E-state index is 10.4. The summed E-state index contributed by atoms with van der Waals surface area (Å²) in [6, 6.07) is 7.25. The van der Waals surface area contributed by atoms with Gasteiger partial charge in [0.1, 0.15) is 36.3 Å². The lowest BCUT2D eigenvalue weighted by Gasteiger charge is -2.40. The van der Waals surface area contributed by atoms with E-state index in [9.17, 15) is 20.4 Å². The minimum absolute atomic E-state index is 0.441. The second-order valence-electron chi connectivity index (χ2n) is 8.32. The highest BCUT2D eigenvalue weighted by Crippen LogP contribution is 2.36. The van der Waals surface area contributed by atoms with E-state index in [1.165, 1.54) is 51.4 Å². The fourth-order valence-corrected chi connectivity index (χ4v) is 3.98. The molecule has 1 saturated heterocycles. The third kappa shape index (κ3) is 7.50. The Kier molecular flexibility index (Phi) is 11.7. The molecule has 4 N–H and O–H groups in total. The molecule has 0 spiro atoms. The third-order valence-corrected chi connectivity index (χ3v) is 5.87. The molecule has 0 amide bonds. The van der Waals surface area contributed by atoms with E-state index in [1.807, 2.05) is 18.2 Å². The topological polar surface area (TPSA) is 99.4 Å². The minimum Gasteiger partial charge on any atom is -0.493 e. The van der Waals surface area contributed by atoms with Gasteiger partial charge in [-0.05, 0) is 12.5 Å². The number of unbranched alkanes of at least 4 members (excludes halogenated alkanes) is 9. The summed E-state index contributed by atoms with van der Waals surface area (Å²) < 4.78 is 11.6. The molecule has 6 nitrogen and oxygen atoms in total. The number of hydrogen-bond acceptors (Lipinski definition) is 6. The van der Waals surface area contributed by atoms with Crippen molar-refractivity contribution in [3.63, 3.8) is 0 Å². The van der Waals surface area contributed by atoms with Crippen LogP contribution in [0.5, 0.6) is 5.75 Å². The van der Waals surface area contributed by atoms with Crippen molar-refractivity contribution in [3.05, 3.63) is 29.8 Å². The Morgan fingerprint density at radius 1 is 0.800 bits per heavy atom. The van der Waals surface area contributed by atoms with Crippen LogP contribution < -0.4 is 4.74 Å². The Balaban J connectivity index is 1.75. The zero-order valence-corrected chi connectivity index (χ0v) is 18.3. The predicted molar refractivity (Wildman–Crippen MR) is 117 cm³/mol. The summed E-state index contributed by atoms with van der Waals surface area (Å²) in [4.78, 5) is 0. The summed E-state index contributed by atoms with van der Waals surface area (Å²) in [6.07, 6.45) is 6.71. The first kappa shape index (κ1) is 25.1. The van der Waals surface area contributed by atoms with Crippen LogP contribution >= 0.6 is 0 Å². The van der Waals surface area contributed by atoms with Crippen LogP contribution in [0.1, 0.15) is 82.8 Å². The van der Waals surface area contributed by atoms with Crippen LogP contribution in [-0.2, 0) is 4.74 Å². The summed E-state index contributed by atoms with van der Waals surface area (Å²) in [5, 5.41) is 39.8. The number of rotatable bonds is 14. The summed E-state index contributed by atoms with van der Waals surface area (Å²) in [6.45, 7) is 2.37. The average Bonchev–Trinajstić information content (AvgIpc) is 2.76. The second-order valence-corrected chi connectivity index (χ2v) is 8.32. The number of ether oxygens (including phenoxy) is 2. The van der Waals surface area contributed by atoms with E-state index in [2.05, 4.69) is 6.92 Å². The summed E-state index contributed by atoms with van der Waals surface area (Å²) in [7, 11) is 0. The fraction of sp³-hybridized carbons (Fsp3) is 0.750. The van der Waals surface area contributed by atoms with Gasteiger partial charge in [0, 0.05) is 5.56 Å². The fourth-order valence-electron chi connectivity index (χ4n) is 3.98. The lowest BCUT2D eigenvalue weighted by Crippen LogP contribution is -2.55. The van der Waals surface area contributed by atoms with Crippen LogP contribution in [0, 0.1) is 0 Å². The number of aliphatic hydroxyl groups excluding tert-OH is 4. The van der Waals surface area contributed by atoms with Gasteiger partial charge in [-0.2, -0.15) is 0 Å². The van der Waals surface area contributed by atoms with Gasteiger partial charge in [0.25, 0.3) is 0 Å². The summed E-state index contributed by atoms with van der Waals surface area (Å²) in [5.41, 5.74) is 0.612. The van der Waals surface area contributed by atoms with Gasteiger partial charge in [0.15, 0.2) is 0 Å². The van der Waals surface area contributed by atoms with Crippen LogP contribution in [0.4, 0.5) is 0 Å². The lowest BCUT2D eigenvalue weighted by atomic mass is 9.91. The molecule has 2 rings (SSSR count). The van der Waals surface area contributed by atoms with E-state index in [0.717, 1.165) is 12.8 Å². The summed E-state index contributed by atoms with van der Waals surface area (Å²) in [5.74, 6) is 0.595. The molecule has 0 saturated carbocycles. The molecule has 30 heavy (non-hydrogen) atoms. The van der Waals surface area contributed by atoms with Gasteiger partial charge < -0.3 is 29.9 Å². The molecule has 1 aromatic rings. The van der Waals surface area contributed by atoms with Crippen molar-refractivity contribution in [1.29, 1.82) is 0 Å². The quantitative estimate of drug-likeness (QED) is 0.341. The van der Waals surface area contributed by atoms with E-state index in [1.54, 1.807) is 6.07 Å². The molecule has 1 heterocycles. The highest BCUT2D eigenvalue weighted by Gasteiger charge is 2.44. The number of aliphatic hydroxyl groups is 4. The van der Waals surface area contributed by atoms with Crippen LogP contribution in [0.25, 0.3) is 0 Å². The normalized spacial score (nSPS) is 26.6. The van der Waals surface area contributed by atoms with E-state index in [4.69, 9.17) is 9.47 Å². The molecule has 0 aromatic heterocycles. The Morgan fingerprint density at radius 3 is 2.03 bits per heavy atom. The minimum atomic E-state index is -1.39. The van der Waals surface area contributed by atoms with Gasteiger partial charge in [0.2, 0.25) is 0 Å². The number of benzene rings is 1. The average molecular weight is 425 g/mol. The molecule has 1 fully saturated rings. The molecule has 1 aliphatic rings. The molecule has 1 aliphatic heterocycles. The molecule has 0 aliphatic carbocycles. The highest BCUT2D eigenvalue weighted by atomic mass is 16.5. The molecule has 0 bridgehead atoms. The Bertz CT molecular complexity index is 579. The van der Waals surface area contributed by atoms with Crippen molar-refractivity contribution >= 4 is 0 Å². The van der Waals surface area contributed by atoms with Gasteiger partial charge in [-0.25, -0.2) is 0 Å². The van der Waals surface area contributed by atoms with Gasteiger partial charge in [-0.1, -0.05) is 82.9 Å². The van der Waals surface area contributed by atoms with E-state index in [-0.39, 0.29) is 0 Å². The van der Waals surface area contributed by atoms with Gasteiger partial charge in [-0.15, -0.1) is 0 Å². The van der Waals surface area contributed by atoms with Gasteiger partial charge in [-0.3, -0.25) is 0 Å². The third-order valence-electron chi connectivity index (χ3n) is 5.87. The molecule has 0 radical (unpaired) electrons. The van der Waals surface area contributed by atoms with Crippen LogP contribution in [-0.4, -0.2) is 58.1 Å². The maximum absolute atomic E-state index is 10.4. The highest BCUT2D eigenvalue weighted by molar-refractivity contribution is 5.36. The van der Waals surface area contributed by atoms with Crippen molar-refractivity contribution in [1.82, 2.24) is 0 Å². The number of hydrogen-bond donors (Lipinski definition) is 4. The molecule has 172 valence electrons. The van der Waals surface area contributed by atoms with E-state index >= 15 is 0 Å². The standard InChI is InChI=1S/C24H40O6/c1-2-3-4-5-6-7-8-9-10-13-16-29-19-15-12-11-14-18(19)24-23(28)22(27)21(26)20(17-25)30-24/h11-12,14-15,20-28H,2-10,13,16-17H2,1H3/t20-,21-,22+,23+,24?/m1/s1. The molecular formula is C24H40O6. The molecule has 6 heteroatoms. The smallest absolute Gasteiger partial charge is 0.125 e. The van der Waals surface area contributed by atoms with Crippen molar-refractivity contribution in [2.45, 2.75) is 102 Å². The molecule has 5 atom stereocenters. The van der Waals surface area contributed by atoms with Crippen LogP contribution in [0.3, 0.4) is 0 Å². The van der Waals surface area contributed by atoms with E-state index < -0.39 is 37.1 Å². The van der Waals surface area contributed by atoms with Crippen molar-refractivity contribution in [2.24, 2.45) is 0 Å². The van der Waals surface area contributed by atoms with Crippen LogP contribution in [0.15, 0.2) is 24.3 Å². The maximum Gasteiger partial charge on any atom is 0.125 e. The Hall–Kier alpha value is -1.18. The van der Waals surface area contributed by atoms with E-state index in [0.29, 0.717) is 17.9 Å². The Labute approximate surface area is 180 Å².